The number of nitrogens with one attached hydrogen (secondary N) is 2. The zero-order valence-corrected chi connectivity index (χ0v) is 16.3. The number of rotatable bonds is 8. The summed E-state index contributed by atoms with van der Waals surface area (Å²) in [6.07, 6.45) is 2.21. The predicted octanol–water partition coefficient (Wildman–Crippen LogP) is 3.35. The van der Waals surface area contributed by atoms with Crippen LogP contribution in [0.25, 0.3) is 0 Å². The topological polar surface area (TPSA) is 54.9 Å². The number of hydrogen-bond acceptors (Lipinski definition) is 3. The molecule has 134 valence electrons. The van der Waals surface area contributed by atoms with Gasteiger partial charge in [0.15, 0.2) is 5.96 Å². The van der Waals surface area contributed by atoms with Gasteiger partial charge in [-0.15, -0.1) is 0 Å². The summed E-state index contributed by atoms with van der Waals surface area (Å²) in [5.74, 6) is 0.792. The number of guanidine groups is 1. The van der Waals surface area contributed by atoms with Gasteiger partial charge < -0.3 is 20.1 Å². The second-order valence-corrected chi connectivity index (χ2v) is 6.89. The summed E-state index contributed by atoms with van der Waals surface area (Å²) in [6, 6.07) is 5.84. The van der Waals surface area contributed by atoms with E-state index in [-0.39, 0.29) is 6.10 Å². The quantitative estimate of drug-likeness (QED) is 0.386. The zero-order chi connectivity index (χ0) is 17.2. The van der Waals surface area contributed by atoms with Gasteiger partial charge >= 0.3 is 0 Å². The molecule has 0 amide bonds. The van der Waals surface area contributed by atoms with Crippen molar-refractivity contribution in [2.75, 3.05) is 32.9 Å². The molecule has 0 radical (unpaired) electrons. The molecule has 5 nitrogen and oxygen atoms in total. The SMILES string of the molecule is CCNC(=NCc1ccc(Br)cc1Cl)NCCCOC1CCOC1. The largest absolute Gasteiger partial charge is 0.379 e. The van der Waals surface area contributed by atoms with Crippen LogP contribution in [0.2, 0.25) is 5.02 Å². The highest BCUT2D eigenvalue weighted by Crippen LogP contribution is 2.21. The lowest BCUT2D eigenvalue weighted by molar-refractivity contribution is 0.0420. The van der Waals surface area contributed by atoms with Gasteiger partial charge in [-0.25, -0.2) is 4.99 Å². The maximum absolute atomic E-state index is 6.23. The van der Waals surface area contributed by atoms with E-state index >= 15 is 0 Å². The van der Waals surface area contributed by atoms with Crippen LogP contribution < -0.4 is 10.6 Å². The number of aliphatic imine (C=N–C) groups is 1. The Morgan fingerprint density at radius 3 is 3.04 bits per heavy atom. The van der Waals surface area contributed by atoms with Crippen molar-refractivity contribution in [2.24, 2.45) is 4.99 Å². The summed E-state index contributed by atoms with van der Waals surface area (Å²) in [7, 11) is 0. The molecule has 0 aromatic heterocycles. The van der Waals surface area contributed by atoms with Crippen LogP contribution in [0.5, 0.6) is 0 Å². The summed E-state index contributed by atoms with van der Waals surface area (Å²) >= 11 is 9.64. The van der Waals surface area contributed by atoms with Crippen molar-refractivity contribution in [3.63, 3.8) is 0 Å². The minimum absolute atomic E-state index is 0.270. The van der Waals surface area contributed by atoms with Crippen LogP contribution in [0.15, 0.2) is 27.7 Å². The van der Waals surface area contributed by atoms with Crippen molar-refractivity contribution in [1.82, 2.24) is 10.6 Å². The first-order valence-corrected chi connectivity index (χ1v) is 9.51. The van der Waals surface area contributed by atoms with E-state index in [1.54, 1.807) is 0 Å². The molecule has 7 heteroatoms. The maximum atomic E-state index is 6.23. The third kappa shape index (κ3) is 6.97. The third-order valence-electron chi connectivity index (χ3n) is 3.62. The molecule has 1 heterocycles. The molecule has 1 saturated heterocycles. The highest BCUT2D eigenvalue weighted by Gasteiger charge is 2.15. The summed E-state index contributed by atoms with van der Waals surface area (Å²) in [4.78, 5) is 4.58. The second-order valence-electron chi connectivity index (χ2n) is 5.57. The summed E-state index contributed by atoms with van der Waals surface area (Å²) in [5.41, 5.74) is 1.00. The zero-order valence-electron chi connectivity index (χ0n) is 14.0. The van der Waals surface area contributed by atoms with E-state index in [0.717, 1.165) is 66.8 Å². The molecule has 1 fully saturated rings. The molecule has 1 unspecified atom stereocenters. The highest BCUT2D eigenvalue weighted by molar-refractivity contribution is 9.10. The van der Waals surface area contributed by atoms with E-state index < -0.39 is 0 Å². The highest BCUT2D eigenvalue weighted by atomic mass is 79.9. The first-order valence-electron chi connectivity index (χ1n) is 8.34. The van der Waals surface area contributed by atoms with Gasteiger partial charge in [0.1, 0.15) is 0 Å². The van der Waals surface area contributed by atoms with Gasteiger partial charge in [-0.2, -0.15) is 0 Å². The van der Waals surface area contributed by atoms with Gasteiger partial charge in [0.05, 0.1) is 19.3 Å². The van der Waals surface area contributed by atoms with E-state index in [0.29, 0.717) is 6.54 Å². The Labute approximate surface area is 157 Å². The van der Waals surface area contributed by atoms with Crippen LogP contribution in [0.1, 0.15) is 25.3 Å². The number of nitrogens with zero attached hydrogens (tertiary/aromatic N) is 1. The fraction of sp³-hybridized carbons (Fsp3) is 0.588. The van der Waals surface area contributed by atoms with E-state index in [4.69, 9.17) is 21.1 Å². The third-order valence-corrected chi connectivity index (χ3v) is 4.47. The molecule has 1 aliphatic heterocycles. The molecule has 0 spiro atoms. The number of halogens is 2. The Hall–Kier alpha value is -0.820. The van der Waals surface area contributed by atoms with Gasteiger partial charge in [0.25, 0.3) is 0 Å². The number of ether oxygens (including phenoxy) is 2. The van der Waals surface area contributed by atoms with Crippen molar-refractivity contribution >= 4 is 33.5 Å². The van der Waals surface area contributed by atoms with Crippen LogP contribution in [0.4, 0.5) is 0 Å². The lowest BCUT2D eigenvalue weighted by Crippen LogP contribution is -2.38. The van der Waals surface area contributed by atoms with Gasteiger partial charge in [0.2, 0.25) is 0 Å². The fourth-order valence-electron chi connectivity index (χ4n) is 2.33. The lowest BCUT2D eigenvalue weighted by Gasteiger charge is -2.13. The molecule has 2 N–H and O–H groups in total. The number of hydrogen-bond donors (Lipinski definition) is 2. The fourth-order valence-corrected chi connectivity index (χ4v) is 3.06. The first-order chi connectivity index (χ1) is 11.7. The normalized spacial score (nSPS) is 18.0. The Balaban J connectivity index is 1.73. The van der Waals surface area contributed by atoms with E-state index in [1.807, 2.05) is 25.1 Å². The van der Waals surface area contributed by atoms with Gasteiger partial charge in [0, 0.05) is 35.8 Å². The van der Waals surface area contributed by atoms with E-state index in [9.17, 15) is 0 Å². The standard InChI is InChI=1S/C17H25BrClN3O2/c1-2-20-17(21-7-3-8-24-15-6-9-23-12-15)22-11-13-4-5-14(18)10-16(13)19/h4-5,10,15H,2-3,6-9,11-12H2,1H3,(H2,20,21,22). The van der Waals surface area contributed by atoms with Crippen LogP contribution in [0.3, 0.4) is 0 Å². The second kappa shape index (κ2) is 10.9. The molecule has 24 heavy (non-hydrogen) atoms. The Bertz CT molecular complexity index is 537. The van der Waals surface area contributed by atoms with Crippen molar-refractivity contribution in [3.05, 3.63) is 33.3 Å². The van der Waals surface area contributed by atoms with Gasteiger partial charge in [-0.1, -0.05) is 33.6 Å². The molecule has 0 bridgehead atoms. The van der Waals surface area contributed by atoms with Gasteiger partial charge in [-0.05, 0) is 37.5 Å². The first kappa shape index (κ1) is 19.5. The molecule has 2 rings (SSSR count). The Kier molecular flexibility index (Phi) is 8.88. The maximum Gasteiger partial charge on any atom is 0.191 e. The molecule has 1 atom stereocenters. The minimum Gasteiger partial charge on any atom is -0.379 e. The molecule has 1 aromatic carbocycles. The molecule has 0 saturated carbocycles. The van der Waals surface area contributed by atoms with Crippen LogP contribution >= 0.6 is 27.5 Å². The smallest absolute Gasteiger partial charge is 0.191 e. The van der Waals surface area contributed by atoms with Crippen LogP contribution in [-0.4, -0.2) is 45.0 Å². The molecular formula is C17H25BrClN3O2. The average Bonchev–Trinajstić information content (AvgIpc) is 3.07. The van der Waals surface area contributed by atoms with E-state index in [2.05, 4.69) is 31.6 Å². The van der Waals surface area contributed by atoms with Crippen LogP contribution in [-0.2, 0) is 16.0 Å². The summed E-state index contributed by atoms with van der Waals surface area (Å²) in [6.45, 7) is 6.50. The monoisotopic (exact) mass is 417 g/mol. The summed E-state index contributed by atoms with van der Waals surface area (Å²) in [5, 5.41) is 7.28. The Morgan fingerprint density at radius 1 is 1.46 bits per heavy atom. The average molecular weight is 419 g/mol. The molecule has 0 aliphatic carbocycles. The summed E-state index contributed by atoms with van der Waals surface area (Å²) < 4.78 is 12.0. The van der Waals surface area contributed by atoms with Crippen LogP contribution in [0, 0.1) is 0 Å². The van der Waals surface area contributed by atoms with Gasteiger partial charge in [-0.3, -0.25) is 0 Å². The molecule has 1 aromatic rings. The van der Waals surface area contributed by atoms with Crippen molar-refractivity contribution in [2.45, 2.75) is 32.4 Å². The van der Waals surface area contributed by atoms with Crippen molar-refractivity contribution in [1.29, 1.82) is 0 Å². The lowest BCUT2D eigenvalue weighted by atomic mass is 10.2. The van der Waals surface area contributed by atoms with E-state index in [1.165, 1.54) is 0 Å². The Morgan fingerprint density at radius 2 is 2.33 bits per heavy atom. The predicted molar refractivity (Wildman–Crippen MR) is 102 cm³/mol. The molecule has 1 aliphatic rings. The minimum atomic E-state index is 0.270. The van der Waals surface area contributed by atoms with Crippen molar-refractivity contribution < 1.29 is 9.47 Å². The van der Waals surface area contributed by atoms with Crippen molar-refractivity contribution in [3.8, 4) is 0 Å². The molecular weight excluding hydrogens is 394 g/mol. The number of benzene rings is 1.